The van der Waals surface area contributed by atoms with Crippen LogP contribution in [0.3, 0.4) is 0 Å². The topological polar surface area (TPSA) is 33.0 Å². The molecule has 0 saturated heterocycles. The van der Waals surface area contributed by atoms with Crippen molar-refractivity contribution in [2.45, 2.75) is 70.6 Å². The summed E-state index contributed by atoms with van der Waals surface area (Å²) in [6, 6.07) is 10.4. The molecule has 1 aliphatic rings. The molecule has 1 aromatic carbocycles. The van der Waals surface area contributed by atoms with Gasteiger partial charge in [-0.25, -0.2) is 0 Å². The molecule has 1 saturated carbocycles. The Labute approximate surface area is 153 Å². The highest BCUT2D eigenvalue weighted by molar-refractivity contribution is 5.33. The average Bonchev–Trinajstić information content (AvgIpc) is 2.67. The summed E-state index contributed by atoms with van der Waals surface area (Å²) >= 11 is 0. The Morgan fingerprint density at radius 3 is 2.44 bits per heavy atom. The summed E-state index contributed by atoms with van der Waals surface area (Å²) in [5.74, 6) is 1.51. The van der Waals surface area contributed by atoms with Gasteiger partial charge in [-0.15, -0.1) is 0 Å². The minimum atomic E-state index is 0.680. The second-order valence-corrected chi connectivity index (χ2v) is 7.25. The van der Waals surface area contributed by atoms with Crippen molar-refractivity contribution in [2.75, 3.05) is 13.2 Å². The van der Waals surface area contributed by atoms with E-state index in [1.54, 1.807) is 0 Å². The van der Waals surface area contributed by atoms with Crippen LogP contribution >= 0.6 is 0 Å². The quantitative estimate of drug-likeness (QED) is 0.366. The van der Waals surface area contributed by atoms with E-state index >= 15 is 0 Å². The molecule has 1 aliphatic carbocycles. The van der Waals surface area contributed by atoms with Gasteiger partial charge in [-0.1, -0.05) is 37.6 Å². The summed E-state index contributed by atoms with van der Waals surface area (Å²) in [6.45, 7) is 4.03. The monoisotopic (exact) mass is 339 g/mol. The van der Waals surface area contributed by atoms with Crippen molar-refractivity contribution in [3.05, 3.63) is 47.5 Å². The number of hydrogen-bond acceptors (Lipinski definition) is 2. The Kier molecular flexibility index (Phi) is 9.37. The van der Waals surface area contributed by atoms with Crippen LogP contribution in [0.4, 0.5) is 0 Å². The molecule has 2 heteroatoms. The van der Waals surface area contributed by atoms with E-state index in [9.17, 15) is 0 Å². The average molecular weight is 340 g/mol. The lowest BCUT2D eigenvalue weighted by molar-refractivity contribution is 0.111. The van der Waals surface area contributed by atoms with Crippen LogP contribution in [0.15, 0.2) is 36.4 Å². The van der Waals surface area contributed by atoms with Crippen LogP contribution in [0.1, 0.15) is 81.8 Å². The zero-order chi connectivity index (χ0) is 17.7. The predicted octanol–water partition coefficient (Wildman–Crippen LogP) is 6.38. The summed E-state index contributed by atoms with van der Waals surface area (Å²) in [5.41, 5.74) is 2.17. The van der Waals surface area contributed by atoms with Crippen molar-refractivity contribution >= 4 is 0 Å². The molecule has 0 atom stereocenters. The van der Waals surface area contributed by atoms with Crippen molar-refractivity contribution in [3.8, 4) is 6.07 Å². The van der Waals surface area contributed by atoms with Gasteiger partial charge < -0.3 is 4.74 Å². The number of rotatable bonds is 10. The fourth-order valence-corrected chi connectivity index (χ4v) is 3.67. The van der Waals surface area contributed by atoms with Gasteiger partial charge in [0.1, 0.15) is 0 Å². The number of unbranched alkanes of at least 4 members (excludes halogenated alkanes) is 2. The van der Waals surface area contributed by atoms with Gasteiger partial charge in [0.2, 0.25) is 0 Å². The van der Waals surface area contributed by atoms with Crippen molar-refractivity contribution < 1.29 is 4.74 Å². The highest BCUT2D eigenvalue weighted by atomic mass is 16.5. The lowest BCUT2D eigenvalue weighted by Gasteiger charge is -2.28. The molecule has 2 rings (SSSR count). The van der Waals surface area contributed by atoms with Crippen LogP contribution < -0.4 is 0 Å². The number of nitriles is 1. The van der Waals surface area contributed by atoms with Gasteiger partial charge in [0.15, 0.2) is 0 Å². The fraction of sp³-hybridized carbons (Fsp3) is 0.609. The summed E-state index contributed by atoms with van der Waals surface area (Å²) in [6.07, 6.45) is 15.7. The van der Waals surface area contributed by atoms with Gasteiger partial charge >= 0.3 is 0 Å². The number of nitrogens with zero attached hydrogens (tertiary/aromatic N) is 1. The molecule has 0 bridgehead atoms. The number of benzene rings is 1. The van der Waals surface area contributed by atoms with Gasteiger partial charge in [-0.2, -0.15) is 5.26 Å². The van der Waals surface area contributed by atoms with E-state index in [0.29, 0.717) is 5.92 Å². The van der Waals surface area contributed by atoms with Crippen molar-refractivity contribution in [1.29, 1.82) is 5.26 Å². The smallest absolute Gasteiger partial charge is 0.0991 e. The first-order chi connectivity index (χ1) is 12.3. The van der Waals surface area contributed by atoms with Crippen LogP contribution in [-0.2, 0) is 4.74 Å². The number of ether oxygens (including phenoxy) is 1. The van der Waals surface area contributed by atoms with Gasteiger partial charge in [-0.05, 0) is 80.9 Å². The molecule has 0 spiro atoms. The van der Waals surface area contributed by atoms with Crippen LogP contribution in [-0.4, -0.2) is 13.2 Å². The van der Waals surface area contributed by atoms with Crippen molar-refractivity contribution in [3.63, 3.8) is 0 Å². The van der Waals surface area contributed by atoms with E-state index in [2.05, 4.69) is 37.3 Å². The van der Waals surface area contributed by atoms with Crippen molar-refractivity contribution in [1.82, 2.24) is 0 Å². The maximum absolute atomic E-state index is 8.89. The SMILES string of the molecule is CCC/C=C/CCCOCCC1CCC(c2ccc(C#N)cc2)CC1. The van der Waals surface area contributed by atoms with Crippen LogP contribution in [0, 0.1) is 17.2 Å². The largest absolute Gasteiger partial charge is 0.381 e. The molecule has 0 amide bonds. The Morgan fingerprint density at radius 2 is 1.76 bits per heavy atom. The maximum Gasteiger partial charge on any atom is 0.0991 e. The summed E-state index contributed by atoms with van der Waals surface area (Å²) < 4.78 is 5.82. The fourth-order valence-electron chi connectivity index (χ4n) is 3.67. The highest BCUT2D eigenvalue weighted by Gasteiger charge is 2.22. The van der Waals surface area contributed by atoms with E-state index in [0.717, 1.165) is 37.5 Å². The normalized spacial score (nSPS) is 20.6. The molecule has 1 fully saturated rings. The summed E-state index contributed by atoms with van der Waals surface area (Å²) in [5, 5.41) is 8.89. The van der Waals surface area contributed by atoms with E-state index in [-0.39, 0.29) is 0 Å². The zero-order valence-corrected chi connectivity index (χ0v) is 15.8. The Balaban J connectivity index is 1.54. The lowest BCUT2D eigenvalue weighted by Crippen LogP contribution is -2.15. The van der Waals surface area contributed by atoms with Crippen LogP contribution in [0.5, 0.6) is 0 Å². The molecule has 1 aromatic rings. The zero-order valence-electron chi connectivity index (χ0n) is 15.8. The summed E-state index contributed by atoms with van der Waals surface area (Å²) in [7, 11) is 0. The molecular formula is C23H33NO. The van der Waals surface area contributed by atoms with Gasteiger partial charge in [0, 0.05) is 13.2 Å². The Morgan fingerprint density at radius 1 is 1.04 bits per heavy atom. The third-order valence-electron chi connectivity index (χ3n) is 5.31. The maximum atomic E-state index is 8.89. The third-order valence-corrected chi connectivity index (χ3v) is 5.31. The minimum Gasteiger partial charge on any atom is -0.381 e. The van der Waals surface area contributed by atoms with E-state index in [1.165, 1.54) is 50.5 Å². The van der Waals surface area contributed by atoms with Crippen LogP contribution in [0.25, 0.3) is 0 Å². The van der Waals surface area contributed by atoms with Crippen molar-refractivity contribution in [2.24, 2.45) is 5.92 Å². The molecule has 0 unspecified atom stereocenters. The van der Waals surface area contributed by atoms with Gasteiger partial charge in [0.05, 0.1) is 11.6 Å². The first kappa shape index (κ1) is 19.7. The lowest BCUT2D eigenvalue weighted by atomic mass is 9.77. The van der Waals surface area contributed by atoms with Gasteiger partial charge in [-0.3, -0.25) is 0 Å². The molecule has 2 nitrogen and oxygen atoms in total. The minimum absolute atomic E-state index is 0.680. The molecule has 0 aliphatic heterocycles. The van der Waals surface area contributed by atoms with Crippen LogP contribution in [0.2, 0.25) is 0 Å². The first-order valence-electron chi connectivity index (χ1n) is 10.1. The molecule has 0 radical (unpaired) electrons. The first-order valence-corrected chi connectivity index (χ1v) is 10.1. The standard InChI is InChI=1S/C23H33NO/c1-2-3-4-5-6-7-17-25-18-16-20-8-12-22(13-9-20)23-14-10-21(19-24)11-15-23/h4-5,10-11,14-15,20,22H,2-3,6-9,12-13,16-18H2,1H3/b5-4+. The molecule has 0 aromatic heterocycles. The Bertz CT molecular complexity index is 532. The van der Waals surface area contributed by atoms with Gasteiger partial charge in [0.25, 0.3) is 0 Å². The van der Waals surface area contributed by atoms with E-state index in [4.69, 9.17) is 10.00 Å². The molecule has 0 heterocycles. The molecule has 25 heavy (non-hydrogen) atoms. The summed E-state index contributed by atoms with van der Waals surface area (Å²) in [4.78, 5) is 0. The highest BCUT2D eigenvalue weighted by Crippen LogP contribution is 2.37. The van der Waals surface area contributed by atoms with E-state index < -0.39 is 0 Å². The number of hydrogen-bond donors (Lipinski definition) is 0. The molecular weight excluding hydrogens is 306 g/mol. The predicted molar refractivity (Wildman–Crippen MR) is 105 cm³/mol. The second-order valence-electron chi connectivity index (χ2n) is 7.25. The Hall–Kier alpha value is -1.59. The third kappa shape index (κ3) is 7.45. The second kappa shape index (κ2) is 11.9. The van der Waals surface area contributed by atoms with E-state index in [1.807, 2.05) is 12.1 Å². The molecule has 136 valence electrons. The molecule has 0 N–H and O–H groups in total. The number of allylic oxidation sites excluding steroid dienone is 2.